The van der Waals surface area contributed by atoms with Crippen LogP contribution in [-0.4, -0.2) is 18.2 Å². The molecule has 0 spiro atoms. The number of carboxylic acid groups (broad SMARTS) is 1. The van der Waals surface area contributed by atoms with Gasteiger partial charge in [0, 0.05) is 5.56 Å². The van der Waals surface area contributed by atoms with E-state index in [-0.39, 0.29) is 27.3 Å². The SMILES string of the molecule is COc1c(C)cc(Oc2c(Cl)cc(C(=O)O)c(C)c2Cl)cc1C(C)C. The lowest BCUT2D eigenvalue weighted by Gasteiger charge is -2.18. The van der Waals surface area contributed by atoms with E-state index in [1.54, 1.807) is 14.0 Å². The molecular weight excluding hydrogens is 363 g/mol. The van der Waals surface area contributed by atoms with Crippen LogP contribution in [0, 0.1) is 13.8 Å². The van der Waals surface area contributed by atoms with Crippen molar-refractivity contribution in [2.45, 2.75) is 33.6 Å². The standard InChI is InChI=1S/C19H20Cl2O4/c1-9(2)13-7-12(6-10(3)17(13)24-5)25-18-15(20)8-14(19(22)23)11(4)16(18)21/h6-9H,1-5H3,(H,22,23). The molecule has 1 N–H and O–H groups in total. The van der Waals surface area contributed by atoms with Crippen LogP contribution in [0.15, 0.2) is 18.2 Å². The molecule has 0 aliphatic heterocycles. The van der Waals surface area contributed by atoms with E-state index in [1.165, 1.54) is 6.07 Å². The van der Waals surface area contributed by atoms with Crippen molar-refractivity contribution >= 4 is 29.2 Å². The van der Waals surface area contributed by atoms with E-state index in [2.05, 4.69) is 13.8 Å². The molecule has 0 amide bonds. The van der Waals surface area contributed by atoms with Crippen molar-refractivity contribution in [2.75, 3.05) is 7.11 Å². The van der Waals surface area contributed by atoms with Crippen LogP contribution < -0.4 is 9.47 Å². The van der Waals surface area contributed by atoms with Crippen LogP contribution in [0.25, 0.3) is 0 Å². The number of halogens is 2. The van der Waals surface area contributed by atoms with Gasteiger partial charge < -0.3 is 14.6 Å². The summed E-state index contributed by atoms with van der Waals surface area (Å²) >= 11 is 12.5. The second-order valence-electron chi connectivity index (χ2n) is 6.10. The molecular formula is C19H20Cl2O4. The van der Waals surface area contributed by atoms with E-state index >= 15 is 0 Å². The number of aromatic carboxylic acids is 1. The molecule has 0 aliphatic rings. The molecule has 2 rings (SSSR count). The summed E-state index contributed by atoms with van der Waals surface area (Å²) in [6.45, 7) is 7.67. The van der Waals surface area contributed by atoms with E-state index in [9.17, 15) is 9.90 Å². The number of ether oxygens (including phenoxy) is 2. The zero-order chi connectivity index (χ0) is 18.9. The maximum atomic E-state index is 11.3. The number of benzene rings is 2. The van der Waals surface area contributed by atoms with E-state index < -0.39 is 5.97 Å². The number of carbonyl (C=O) groups is 1. The second-order valence-corrected chi connectivity index (χ2v) is 6.88. The third kappa shape index (κ3) is 3.86. The highest BCUT2D eigenvalue weighted by Crippen LogP contribution is 2.42. The Labute approximate surface area is 157 Å². The lowest BCUT2D eigenvalue weighted by atomic mass is 9.99. The number of aryl methyl sites for hydroxylation is 1. The van der Waals surface area contributed by atoms with Crippen LogP contribution in [0.5, 0.6) is 17.2 Å². The maximum Gasteiger partial charge on any atom is 0.336 e. The predicted molar refractivity (Wildman–Crippen MR) is 100 cm³/mol. The Morgan fingerprint density at radius 2 is 1.76 bits per heavy atom. The Kier molecular flexibility index (Phi) is 5.86. The van der Waals surface area contributed by atoms with E-state index in [4.69, 9.17) is 32.7 Å². The number of rotatable bonds is 5. The summed E-state index contributed by atoms with van der Waals surface area (Å²) in [6, 6.07) is 5.06. The molecule has 0 fully saturated rings. The molecule has 0 saturated carbocycles. The fraction of sp³-hybridized carbons (Fsp3) is 0.316. The number of hydrogen-bond donors (Lipinski definition) is 1. The molecule has 0 unspecified atom stereocenters. The zero-order valence-electron chi connectivity index (χ0n) is 14.7. The summed E-state index contributed by atoms with van der Waals surface area (Å²) in [7, 11) is 1.64. The van der Waals surface area contributed by atoms with Gasteiger partial charge in [0.1, 0.15) is 11.5 Å². The third-order valence-electron chi connectivity index (χ3n) is 3.97. The first-order valence-corrected chi connectivity index (χ1v) is 8.51. The fourth-order valence-electron chi connectivity index (χ4n) is 2.66. The van der Waals surface area contributed by atoms with Gasteiger partial charge in [0.25, 0.3) is 0 Å². The third-order valence-corrected chi connectivity index (χ3v) is 4.71. The molecule has 0 aromatic heterocycles. The van der Waals surface area contributed by atoms with Gasteiger partial charge in [-0.05, 0) is 49.1 Å². The monoisotopic (exact) mass is 382 g/mol. The summed E-state index contributed by atoms with van der Waals surface area (Å²) in [4.78, 5) is 11.3. The quantitative estimate of drug-likeness (QED) is 0.665. The van der Waals surface area contributed by atoms with Gasteiger partial charge in [-0.2, -0.15) is 0 Å². The number of methoxy groups -OCH3 is 1. The molecule has 4 nitrogen and oxygen atoms in total. The average molecular weight is 383 g/mol. The molecule has 0 atom stereocenters. The Bertz CT molecular complexity index is 829. The molecule has 2 aromatic carbocycles. The van der Waals surface area contributed by atoms with Crippen LogP contribution >= 0.6 is 23.2 Å². The average Bonchev–Trinajstić information content (AvgIpc) is 2.54. The molecule has 6 heteroatoms. The van der Waals surface area contributed by atoms with E-state index in [0.717, 1.165) is 16.9 Å². The van der Waals surface area contributed by atoms with Gasteiger partial charge >= 0.3 is 5.97 Å². The minimum atomic E-state index is -1.09. The fourth-order valence-corrected chi connectivity index (χ4v) is 3.19. The van der Waals surface area contributed by atoms with Gasteiger partial charge in [-0.3, -0.25) is 0 Å². The van der Waals surface area contributed by atoms with Crippen molar-refractivity contribution in [1.29, 1.82) is 0 Å². The van der Waals surface area contributed by atoms with Crippen molar-refractivity contribution < 1.29 is 19.4 Å². The minimum absolute atomic E-state index is 0.0520. The molecule has 0 heterocycles. The maximum absolute atomic E-state index is 11.3. The molecule has 0 radical (unpaired) electrons. The topological polar surface area (TPSA) is 55.8 Å². The Morgan fingerprint density at radius 3 is 2.28 bits per heavy atom. The van der Waals surface area contributed by atoms with Gasteiger partial charge in [0.05, 0.1) is 22.7 Å². The summed E-state index contributed by atoms with van der Waals surface area (Å²) in [5, 5.41) is 9.55. The van der Waals surface area contributed by atoms with Gasteiger partial charge in [0.2, 0.25) is 0 Å². The normalized spacial score (nSPS) is 10.9. The Hall–Kier alpha value is -1.91. The van der Waals surface area contributed by atoms with Crippen molar-refractivity contribution in [3.63, 3.8) is 0 Å². The first-order chi connectivity index (χ1) is 11.7. The van der Waals surface area contributed by atoms with Gasteiger partial charge in [-0.25, -0.2) is 4.79 Å². The van der Waals surface area contributed by atoms with Crippen LogP contribution in [-0.2, 0) is 0 Å². The van der Waals surface area contributed by atoms with Crippen molar-refractivity contribution in [3.05, 3.63) is 50.5 Å². The van der Waals surface area contributed by atoms with Crippen LogP contribution in [0.4, 0.5) is 0 Å². The largest absolute Gasteiger partial charge is 0.496 e. The summed E-state index contributed by atoms with van der Waals surface area (Å²) in [6.07, 6.45) is 0. The molecule has 0 aliphatic carbocycles. The second kappa shape index (κ2) is 7.54. The van der Waals surface area contributed by atoms with Crippen LogP contribution in [0.3, 0.4) is 0 Å². The predicted octanol–water partition coefficient (Wildman–Crippen LogP) is 6.23. The first-order valence-electron chi connectivity index (χ1n) is 7.75. The lowest BCUT2D eigenvalue weighted by molar-refractivity contribution is 0.0696. The Morgan fingerprint density at radius 1 is 1.12 bits per heavy atom. The smallest absolute Gasteiger partial charge is 0.336 e. The summed E-state index contributed by atoms with van der Waals surface area (Å²) < 4.78 is 11.4. The zero-order valence-corrected chi connectivity index (χ0v) is 16.2. The first kappa shape index (κ1) is 19.4. The van der Waals surface area contributed by atoms with Crippen molar-refractivity contribution in [3.8, 4) is 17.2 Å². The highest BCUT2D eigenvalue weighted by Gasteiger charge is 2.20. The minimum Gasteiger partial charge on any atom is -0.496 e. The number of carboxylic acids is 1. The molecule has 0 saturated heterocycles. The number of hydrogen-bond acceptors (Lipinski definition) is 3. The lowest BCUT2D eigenvalue weighted by Crippen LogP contribution is -2.02. The molecule has 2 aromatic rings. The summed E-state index contributed by atoms with van der Waals surface area (Å²) in [5.74, 6) is 0.768. The molecule has 0 bridgehead atoms. The van der Waals surface area contributed by atoms with E-state index in [0.29, 0.717) is 11.3 Å². The van der Waals surface area contributed by atoms with Gasteiger partial charge in [0.15, 0.2) is 5.75 Å². The van der Waals surface area contributed by atoms with Gasteiger partial charge in [-0.15, -0.1) is 0 Å². The van der Waals surface area contributed by atoms with Crippen LogP contribution in [0.2, 0.25) is 10.0 Å². The highest BCUT2D eigenvalue weighted by molar-refractivity contribution is 6.38. The molecule has 25 heavy (non-hydrogen) atoms. The van der Waals surface area contributed by atoms with Crippen LogP contribution in [0.1, 0.15) is 46.8 Å². The Balaban J connectivity index is 2.54. The summed E-state index contributed by atoms with van der Waals surface area (Å²) in [5.41, 5.74) is 2.39. The van der Waals surface area contributed by atoms with Gasteiger partial charge in [-0.1, -0.05) is 37.0 Å². The van der Waals surface area contributed by atoms with Crippen molar-refractivity contribution in [2.24, 2.45) is 0 Å². The highest BCUT2D eigenvalue weighted by atomic mass is 35.5. The molecule has 134 valence electrons. The van der Waals surface area contributed by atoms with Crippen molar-refractivity contribution in [1.82, 2.24) is 0 Å². The van der Waals surface area contributed by atoms with E-state index in [1.807, 2.05) is 19.1 Å².